The van der Waals surface area contributed by atoms with Crippen LogP contribution in [0, 0.1) is 5.92 Å². The highest BCUT2D eigenvalue weighted by molar-refractivity contribution is 5.89. The largest absolute Gasteiger partial charge is 0.458 e. The van der Waals surface area contributed by atoms with Crippen LogP contribution in [0.5, 0.6) is 0 Å². The molecule has 1 heterocycles. The predicted molar refractivity (Wildman–Crippen MR) is 82.4 cm³/mol. The molecule has 116 valence electrons. The van der Waals surface area contributed by atoms with Crippen molar-refractivity contribution in [1.82, 2.24) is 4.90 Å². The van der Waals surface area contributed by atoms with E-state index >= 15 is 0 Å². The van der Waals surface area contributed by atoms with E-state index < -0.39 is 0 Å². The Labute approximate surface area is 127 Å². The molecule has 0 N–H and O–H groups in total. The van der Waals surface area contributed by atoms with Crippen LogP contribution in [0.3, 0.4) is 0 Å². The van der Waals surface area contributed by atoms with Crippen LogP contribution in [0.25, 0.3) is 0 Å². The summed E-state index contributed by atoms with van der Waals surface area (Å²) in [7, 11) is 0. The molecule has 0 aliphatic carbocycles. The maximum atomic E-state index is 12.1. The number of esters is 1. The van der Waals surface area contributed by atoms with E-state index in [9.17, 15) is 4.79 Å². The van der Waals surface area contributed by atoms with Gasteiger partial charge in [0.25, 0.3) is 0 Å². The average molecular weight is 291 g/mol. The summed E-state index contributed by atoms with van der Waals surface area (Å²) in [5, 5.41) is 0. The van der Waals surface area contributed by atoms with E-state index in [2.05, 4.69) is 11.8 Å². The second-order valence-corrected chi connectivity index (χ2v) is 5.57. The van der Waals surface area contributed by atoms with Crippen LogP contribution >= 0.6 is 0 Å². The first-order chi connectivity index (χ1) is 10.2. The van der Waals surface area contributed by atoms with Gasteiger partial charge in [0.1, 0.15) is 6.10 Å². The molecule has 1 aromatic rings. The standard InChI is InChI=1S/C17H25NO3/c1-3-20-12-11-18-10-9-16(14(2)13-18)21-17(19)15-7-5-4-6-8-15/h4-8,14,16H,3,9-13H2,1-2H3/t14-,16-/m1/s1. The van der Waals surface area contributed by atoms with E-state index in [0.717, 1.165) is 39.3 Å². The Hall–Kier alpha value is -1.39. The quantitative estimate of drug-likeness (QED) is 0.596. The topological polar surface area (TPSA) is 38.8 Å². The van der Waals surface area contributed by atoms with Gasteiger partial charge < -0.3 is 14.4 Å². The zero-order valence-corrected chi connectivity index (χ0v) is 13.0. The van der Waals surface area contributed by atoms with Crippen molar-refractivity contribution in [3.63, 3.8) is 0 Å². The van der Waals surface area contributed by atoms with Gasteiger partial charge >= 0.3 is 5.97 Å². The van der Waals surface area contributed by atoms with Gasteiger partial charge in [-0.1, -0.05) is 25.1 Å². The molecule has 1 aromatic carbocycles. The molecule has 1 aliphatic rings. The van der Waals surface area contributed by atoms with E-state index in [0.29, 0.717) is 11.5 Å². The average Bonchev–Trinajstić information content (AvgIpc) is 2.51. The molecular weight excluding hydrogens is 266 g/mol. The minimum atomic E-state index is -0.213. The Kier molecular flexibility index (Phi) is 6.21. The summed E-state index contributed by atoms with van der Waals surface area (Å²) in [6.45, 7) is 8.58. The zero-order valence-electron chi connectivity index (χ0n) is 13.0. The number of hydrogen-bond acceptors (Lipinski definition) is 4. The number of piperidine rings is 1. The summed E-state index contributed by atoms with van der Waals surface area (Å²) in [5.74, 6) is 0.142. The lowest BCUT2D eigenvalue weighted by Crippen LogP contribution is -2.44. The molecule has 0 saturated carbocycles. The SMILES string of the molecule is CCOCCN1CC[C@@H](OC(=O)c2ccccc2)[C@H](C)C1. The van der Waals surface area contributed by atoms with Gasteiger partial charge in [0, 0.05) is 32.2 Å². The highest BCUT2D eigenvalue weighted by atomic mass is 16.5. The Morgan fingerprint density at radius 1 is 1.33 bits per heavy atom. The van der Waals surface area contributed by atoms with E-state index in [4.69, 9.17) is 9.47 Å². The maximum Gasteiger partial charge on any atom is 0.338 e. The van der Waals surface area contributed by atoms with E-state index in [-0.39, 0.29) is 12.1 Å². The third-order valence-electron chi connectivity index (χ3n) is 3.93. The molecule has 4 heteroatoms. The molecule has 1 aliphatic heterocycles. The summed E-state index contributed by atoms with van der Waals surface area (Å²) in [4.78, 5) is 14.5. The minimum Gasteiger partial charge on any atom is -0.458 e. The van der Waals surface area contributed by atoms with E-state index in [1.165, 1.54) is 0 Å². The van der Waals surface area contributed by atoms with Gasteiger partial charge in [0.2, 0.25) is 0 Å². The predicted octanol–water partition coefficient (Wildman–Crippen LogP) is 2.59. The molecule has 21 heavy (non-hydrogen) atoms. The number of ether oxygens (including phenoxy) is 2. The number of likely N-dealkylation sites (tertiary alicyclic amines) is 1. The zero-order chi connectivity index (χ0) is 15.1. The van der Waals surface area contributed by atoms with Gasteiger partial charge in [-0.05, 0) is 25.5 Å². The summed E-state index contributed by atoms with van der Waals surface area (Å²) in [6, 6.07) is 9.21. The van der Waals surface area contributed by atoms with Crippen molar-refractivity contribution in [2.75, 3.05) is 32.8 Å². The first kappa shape index (κ1) is 16.0. The molecule has 1 fully saturated rings. The van der Waals surface area contributed by atoms with Gasteiger partial charge in [-0.15, -0.1) is 0 Å². The van der Waals surface area contributed by atoms with Gasteiger partial charge in [0.15, 0.2) is 0 Å². The smallest absolute Gasteiger partial charge is 0.338 e. The second kappa shape index (κ2) is 8.15. The number of hydrogen-bond donors (Lipinski definition) is 0. The van der Waals surface area contributed by atoms with Gasteiger partial charge in [-0.2, -0.15) is 0 Å². The molecule has 1 saturated heterocycles. The van der Waals surface area contributed by atoms with Crippen molar-refractivity contribution in [1.29, 1.82) is 0 Å². The molecule has 2 atom stereocenters. The van der Waals surface area contributed by atoms with Gasteiger partial charge in [-0.25, -0.2) is 4.79 Å². The number of nitrogens with zero attached hydrogens (tertiary/aromatic N) is 1. The van der Waals surface area contributed by atoms with Crippen molar-refractivity contribution in [2.24, 2.45) is 5.92 Å². The monoisotopic (exact) mass is 291 g/mol. The lowest BCUT2D eigenvalue weighted by atomic mass is 9.96. The third-order valence-corrected chi connectivity index (χ3v) is 3.93. The first-order valence-corrected chi connectivity index (χ1v) is 7.76. The Bertz CT molecular complexity index is 435. The number of benzene rings is 1. The molecule has 0 radical (unpaired) electrons. The third kappa shape index (κ3) is 4.83. The normalized spacial score (nSPS) is 23.0. The van der Waals surface area contributed by atoms with Crippen LogP contribution in [0.1, 0.15) is 30.6 Å². The van der Waals surface area contributed by atoms with Crippen LogP contribution in [-0.4, -0.2) is 49.8 Å². The van der Waals surface area contributed by atoms with Crippen molar-refractivity contribution >= 4 is 5.97 Å². The van der Waals surface area contributed by atoms with Crippen LogP contribution in [0.15, 0.2) is 30.3 Å². The van der Waals surface area contributed by atoms with Crippen LogP contribution in [0.2, 0.25) is 0 Å². The Balaban J connectivity index is 1.79. The summed E-state index contributed by atoms with van der Waals surface area (Å²) in [6.07, 6.45) is 0.910. The van der Waals surface area contributed by atoms with Crippen molar-refractivity contribution in [2.45, 2.75) is 26.4 Å². The molecule has 0 aromatic heterocycles. The molecule has 0 unspecified atom stereocenters. The fourth-order valence-electron chi connectivity index (χ4n) is 2.71. The van der Waals surface area contributed by atoms with Crippen molar-refractivity contribution in [3.05, 3.63) is 35.9 Å². The molecule has 4 nitrogen and oxygen atoms in total. The molecule has 0 bridgehead atoms. The van der Waals surface area contributed by atoms with E-state index in [1.54, 1.807) is 12.1 Å². The van der Waals surface area contributed by atoms with E-state index in [1.807, 2.05) is 25.1 Å². The summed E-state index contributed by atoms with van der Waals surface area (Å²) in [5.41, 5.74) is 0.628. The van der Waals surface area contributed by atoms with Gasteiger partial charge in [0.05, 0.1) is 12.2 Å². The van der Waals surface area contributed by atoms with Crippen molar-refractivity contribution < 1.29 is 14.3 Å². The molecule has 0 amide bonds. The summed E-state index contributed by atoms with van der Waals surface area (Å²) >= 11 is 0. The minimum absolute atomic E-state index is 0.0149. The number of carbonyl (C=O) groups is 1. The lowest BCUT2D eigenvalue weighted by molar-refractivity contribution is -0.0148. The van der Waals surface area contributed by atoms with Gasteiger partial charge in [-0.3, -0.25) is 0 Å². The highest BCUT2D eigenvalue weighted by Crippen LogP contribution is 2.21. The Morgan fingerprint density at radius 3 is 2.76 bits per heavy atom. The lowest BCUT2D eigenvalue weighted by Gasteiger charge is -2.36. The second-order valence-electron chi connectivity index (χ2n) is 5.57. The molecular formula is C17H25NO3. The van der Waals surface area contributed by atoms with Crippen LogP contribution < -0.4 is 0 Å². The first-order valence-electron chi connectivity index (χ1n) is 7.76. The molecule has 2 rings (SSSR count). The Morgan fingerprint density at radius 2 is 2.10 bits per heavy atom. The number of rotatable bonds is 6. The van der Waals surface area contributed by atoms with Crippen LogP contribution in [-0.2, 0) is 9.47 Å². The summed E-state index contributed by atoms with van der Waals surface area (Å²) < 4.78 is 11.1. The number of carbonyl (C=O) groups excluding carboxylic acids is 1. The molecule has 0 spiro atoms. The fourth-order valence-corrected chi connectivity index (χ4v) is 2.71. The fraction of sp³-hybridized carbons (Fsp3) is 0.588. The van der Waals surface area contributed by atoms with Crippen LogP contribution in [0.4, 0.5) is 0 Å². The maximum absolute atomic E-state index is 12.1. The van der Waals surface area contributed by atoms with Crippen molar-refractivity contribution in [3.8, 4) is 0 Å². The highest BCUT2D eigenvalue weighted by Gasteiger charge is 2.28.